The van der Waals surface area contributed by atoms with Gasteiger partial charge in [0.15, 0.2) is 0 Å². The molecule has 3 rings (SSSR count). The molecule has 29 heavy (non-hydrogen) atoms. The fraction of sp³-hybridized carbons (Fsp3) is 0. The molecule has 0 saturated carbocycles. The molecule has 3 aromatic rings. The Bertz CT molecular complexity index is 1030. The van der Waals surface area contributed by atoms with Crippen LogP contribution in [0.5, 0.6) is 0 Å². The van der Waals surface area contributed by atoms with E-state index in [0.717, 1.165) is 0 Å². The number of hydrogen-bond acceptors (Lipinski definition) is 4. The quantitative estimate of drug-likeness (QED) is 0.482. The highest BCUT2D eigenvalue weighted by atomic mass is 35.5. The molecule has 2 amide bonds. The lowest BCUT2D eigenvalue weighted by atomic mass is 10.1. The van der Waals surface area contributed by atoms with Crippen molar-refractivity contribution in [2.24, 2.45) is 10.2 Å². The van der Waals surface area contributed by atoms with Gasteiger partial charge < -0.3 is 0 Å². The predicted octanol–water partition coefficient (Wildman–Crippen LogP) is 3.89. The molecule has 2 N–H and O–H groups in total. The number of halogens is 1. The average Bonchev–Trinajstić information content (AvgIpc) is 2.77. The van der Waals surface area contributed by atoms with E-state index in [4.69, 9.17) is 11.6 Å². The van der Waals surface area contributed by atoms with Crippen molar-refractivity contribution >= 4 is 35.3 Å². The summed E-state index contributed by atoms with van der Waals surface area (Å²) < 4.78 is 0. The highest BCUT2D eigenvalue weighted by Crippen LogP contribution is 2.10. The van der Waals surface area contributed by atoms with E-state index in [1.807, 2.05) is 12.1 Å². The van der Waals surface area contributed by atoms with Crippen LogP contribution in [0.2, 0.25) is 5.02 Å². The molecule has 0 unspecified atom stereocenters. The molecule has 0 aliphatic rings. The van der Waals surface area contributed by atoms with E-state index in [0.29, 0.717) is 27.4 Å². The second-order valence-electron chi connectivity index (χ2n) is 5.88. The number of amides is 2. The third kappa shape index (κ3) is 5.85. The molecule has 0 bridgehead atoms. The Kier molecular flexibility index (Phi) is 6.86. The first-order chi connectivity index (χ1) is 14.1. The van der Waals surface area contributed by atoms with Gasteiger partial charge in [0.05, 0.1) is 6.21 Å². The van der Waals surface area contributed by atoms with Gasteiger partial charge in [0.2, 0.25) is 0 Å². The largest absolute Gasteiger partial charge is 0.271 e. The van der Waals surface area contributed by atoms with E-state index < -0.39 is 0 Å². The molecule has 0 heterocycles. The van der Waals surface area contributed by atoms with Gasteiger partial charge in [-0.15, -0.1) is 0 Å². The first kappa shape index (κ1) is 20.0. The second kappa shape index (κ2) is 9.96. The molecule has 6 nitrogen and oxygen atoms in total. The molecule has 0 radical (unpaired) electrons. The van der Waals surface area contributed by atoms with Gasteiger partial charge in [-0.3, -0.25) is 9.59 Å². The van der Waals surface area contributed by atoms with Gasteiger partial charge >= 0.3 is 0 Å². The molecule has 0 aliphatic heterocycles. The second-order valence-corrected chi connectivity index (χ2v) is 6.31. The maximum atomic E-state index is 12.2. The predicted molar refractivity (Wildman–Crippen MR) is 114 cm³/mol. The molecule has 0 spiro atoms. The highest BCUT2D eigenvalue weighted by molar-refractivity contribution is 6.38. The molecule has 0 aliphatic carbocycles. The van der Waals surface area contributed by atoms with Gasteiger partial charge in [-0.1, -0.05) is 60.1 Å². The lowest BCUT2D eigenvalue weighted by Crippen LogP contribution is -2.22. The minimum atomic E-state index is -0.362. The SMILES string of the molecule is O=C(N/N=C/C(=N/NC(=O)c1ccccc1)c1ccc(Cl)cc1)c1ccccc1. The smallest absolute Gasteiger partial charge is 0.267 e. The zero-order valence-electron chi connectivity index (χ0n) is 15.2. The summed E-state index contributed by atoms with van der Waals surface area (Å²) in [6.45, 7) is 0. The summed E-state index contributed by atoms with van der Waals surface area (Å²) in [7, 11) is 0. The van der Waals surface area contributed by atoms with E-state index in [-0.39, 0.29) is 11.8 Å². The Morgan fingerprint density at radius 2 is 1.21 bits per heavy atom. The van der Waals surface area contributed by atoms with Crippen LogP contribution in [0.4, 0.5) is 0 Å². The fourth-order valence-corrected chi connectivity index (χ4v) is 2.49. The van der Waals surface area contributed by atoms with Gasteiger partial charge in [-0.25, -0.2) is 10.9 Å². The zero-order chi connectivity index (χ0) is 20.5. The van der Waals surface area contributed by atoms with E-state index in [1.54, 1.807) is 72.8 Å². The summed E-state index contributed by atoms with van der Waals surface area (Å²) >= 11 is 5.94. The number of nitrogens with zero attached hydrogens (tertiary/aromatic N) is 2. The van der Waals surface area contributed by atoms with Gasteiger partial charge in [0.1, 0.15) is 5.71 Å². The summed E-state index contributed by atoms with van der Waals surface area (Å²) in [6.07, 6.45) is 1.36. The average molecular weight is 405 g/mol. The number of carbonyl (C=O) groups excluding carboxylic acids is 2. The van der Waals surface area contributed by atoms with Crippen LogP contribution >= 0.6 is 11.6 Å². The zero-order valence-corrected chi connectivity index (χ0v) is 16.0. The summed E-state index contributed by atoms with van der Waals surface area (Å²) in [5, 5.41) is 8.67. The normalized spacial score (nSPS) is 11.3. The number of carbonyl (C=O) groups is 2. The number of hydrazone groups is 2. The van der Waals surface area contributed by atoms with Crippen LogP contribution in [-0.2, 0) is 0 Å². The lowest BCUT2D eigenvalue weighted by Gasteiger charge is -2.04. The minimum absolute atomic E-state index is 0.347. The van der Waals surface area contributed by atoms with Gasteiger partial charge in [0.25, 0.3) is 11.8 Å². The summed E-state index contributed by atoms with van der Waals surface area (Å²) in [6, 6.07) is 24.3. The van der Waals surface area contributed by atoms with Crippen LogP contribution in [0, 0.1) is 0 Å². The number of nitrogens with one attached hydrogen (secondary N) is 2. The Hall–Kier alpha value is -3.77. The topological polar surface area (TPSA) is 82.9 Å². The van der Waals surface area contributed by atoms with Crippen molar-refractivity contribution in [1.29, 1.82) is 0 Å². The first-order valence-corrected chi connectivity index (χ1v) is 9.09. The van der Waals surface area contributed by atoms with E-state index >= 15 is 0 Å². The monoisotopic (exact) mass is 404 g/mol. The molecule has 0 saturated heterocycles. The van der Waals surface area contributed by atoms with Crippen molar-refractivity contribution in [1.82, 2.24) is 10.9 Å². The minimum Gasteiger partial charge on any atom is -0.267 e. The summed E-state index contributed by atoms with van der Waals surface area (Å²) in [5.41, 5.74) is 6.90. The molecule has 0 atom stereocenters. The maximum absolute atomic E-state index is 12.2. The van der Waals surface area contributed by atoms with Crippen LogP contribution in [0.15, 0.2) is 95.1 Å². The Labute approximate surface area is 172 Å². The molecule has 7 heteroatoms. The number of rotatable bonds is 6. The van der Waals surface area contributed by atoms with Crippen molar-refractivity contribution in [2.75, 3.05) is 0 Å². The highest BCUT2D eigenvalue weighted by Gasteiger charge is 2.07. The van der Waals surface area contributed by atoms with E-state index in [2.05, 4.69) is 21.1 Å². The van der Waals surface area contributed by atoms with Crippen molar-refractivity contribution in [2.45, 2.75) is 0 Å². The molecular formula is C22H17ClN4O2. The van der Waals surface area contributed by atoms with E-state index in [1.165, 1.54) is 6.21 Å². The molecule has 144 valence electrons. The Morgan fingerprint density at radius 1 is 0.690 bits per heavy atom. The summed E-state index contributed by atoms with van der Waals surface area (Å²) in [4.78, 5) is 24.4. The van der Waals surface area contributed by atoms with Gasteiger partial charge in [0, 0.05) is 21.7 Å². The van der Waals surface area contributed by atoms with Crippen LogP contribution in [-0.4, -0.2) is 23.7 Å². The van der Waals surface area contributed by atoms with E-state index in [9.17, 15) is 9.59 Å². The third-order valence-electron chi connectivity index (χ3n) is 3.84. The summed E-state index contributed by atoms with van der Waals surface area (Å²) in [5.74, 6) is -0.718. The maximum Gasteiger partial charge on any atom is 0.271 e. The van der Waals surface area contributed by atoms with Crippen molar-refractivity contribution in [3.8, 4) is 0 Å². The fourth-order valence-electron chi connectivity index (χ4n) is 2.36. The van der Waals surface area contributed by atoms with Crippen LogP contribution in [0.1, 0.15) is 26.3 Å². The first-order valence-electron chi connectivity index (χ1n) is 8.71. The molecule has 3 aromatic carbocycles. The standard InChI is InChI=1S/C22H17ClN4O2/c23-19-13-11-16(12-14-19)20(25-27-22(29)18-9-5-2-6-10-18)15-24-26-21(28)17-7-3-1-4-8-17/h1-15H,(H,26,28)(H,27,29)/b24-15+,25-20-. The molecule has 0 fully saturated rings. The number of hydrogen-bond donors (Lipinski definition) is 2. The number of benzene rings is 3. The molecule has 0 aromatic heterocycles. The third-order valence-corrected chi connectivity index (χ3v) is 4.09. The van der Waals surface area contributed by atoms with Crippen molar-refractivity contribution in [3.05, 3.63) is 107 Å². The van der Waals surface area contributed by atoms with Gasteiger partial charge in [-0.2, -0.15) is 10.2 Å². The van der Waals surface area contributed by atoms with Crippen LogP contribution < -0.4 is 10.9 Å². The van der Waals surface area contributed by atoms with Crippen molar-refractivity contribution in [3.63, 3.8) is 0 Å². The Balaban J connectivity index is 1.76. The van der Waals surface area contributed by atoms with Gasteiger partial charge in [-0.05, 0) is 36.4 Å². The lowest BCUT2D eigenvalue weighted by molar-refractivity contribution is 0.0946. The van der Waals surface area contributed by atoms with Crippen LogP contribution in [0.3, 0.4) is 0 Å². The van der Waals surface area contributed by atoms with Crippen LogP contribution in [0.25, 0.3) is 0 Å². The Morgan fingerprint density at radius 3 is 1.76 bits per heavy atom. The molecular weight excluding hydrogens is 388 g/mol. The van der Waals surface area contributed by atoms with Crippen molar-refractivity contribution < 1.29 is 9.59 Å².